The molecule has 2 aliphatic rings. The number of halogens is 1. The molecule has 1 atom stereocenters. The zero-order chi connectivity index (χ0) is 11.4. The Morgan fingerprint density at radius 3 is 2.65 bits per heavy atom. The highest BCUT2D eigenvalue weighted by molar-refractivity contribution is 5.85. The number of nitrogens with zero attached hydrogens (tertiary/aromatic N) is 1. The van der Waals surface area contributed by atoms with E-state index in [0.29, 0.717) is 5.91 Å². The first-order valence-electron chi connectivity index (χ1n) is 6.80. The van der Waals surface area contributed by atoms with E-state index in [1.54, 1.807) is 0 Å². The van der Waals surface area contributed by atoms with Gasteiger partial charge in [-0.3, -0.25) is 4.79 Å². The maximum absolute atomic E-state index is 12.3. The van der Waals surface area contributed by atoms with E-state index in [1.165, 1.54) is 12.8 Å². The van der Waals surface area contributed by atoms with Gasteiger partial charge < -0.3 is 10.2 Å². The number of amides is 1. The number of rotatable bonds is 5. The lowest BCUT2D eigenvalue weighted by atomic mass is 9.98. The highest BCUT2D eigenvalue weighted by atomic mass is 35.5. The summed E-state index contributed by atoms with van der Waals surface area (Å²) in [6, 6.07) is 0. The van der Waals surface area contributed by atoms with Crippen LogP contribution in [0, 0.1) is 11.8 Å². The number of hydrogen-bond donors (Lipinski definition) is 1. The molecule has 1 aliphatic carbocycles. The molecule has 1 N–H and O–H groups in total. The fraction of sp³-hybridized carbons (Fsp3) is 0.923. The van der Waals surface area contributed by atoms with Crippen molar-refractivity contribution in [2.75, 3.05) is 26.2 Å². The molecule has 0 aromatic heterocycles. The summed E-state index contributed by atoms with van der Waals surface area (Å²) in [5.41, 5.74) is 0. The predicted octanol–water partition coefficient (Wildman–Crippen LogP) is 2.06. The van der Waals surface area contributed by atoms with Crippen molar-refractivity contribution in [3.63, 3.8) is 0 Å². The number of carbonyl (C=O) groups excluding carboxylic acids is 1. The molecule has 1 amide bonds. The molecule has 1 saturated heterocycles. The molecule has 3 nitrogen and oxygen atoms in total. The fourth-order valence-electron chi connectivity index (χ4n) is 2.49. The summed E-state index contributed by atoms with van der Waals surface area (Å²) < 4.78 is 0. The Kier molecular flexibility index (Phi) is 6.28. The molecule has 0 spiro atoms. The fourth-order valence-corrected chi connectivity index (χ4v) is 2.49. The smallest absolute Gasteiger partial charge is 0.226 e. The third kappa shape index (κ3) is 4.47. The Morgan fingerprint density at radius 1 is 1.35 bits per heavy atom. The van der Waals surface area contributed by atoms with E-state index in [4.69, 9.17) is 0 Å². The molecule has 4 heteroatoms. The monoisotopic (exact) mass is 260 g/mol. The summed E-state index contributed by atoms with van der Waals surface area (Å²) in [6.07, 6.45) is 5.97. The average molecular weight is 261 g/mol. The maximum atomic E-state index is 12.3. The second kappa shape index (κ2) is 7.22. The van der Waals surface area contributed by atoms with E-state index in [2.05, 4.69) is 17.1 Å². The molecule has 0 bridgehead atoms. The highest BCUT2D eigenvalue weighted by Gasteiger charge is 2.30. The van der Waals surface area contributed by atoms with Crippen LogP contribution in [-0.2, 0) is 4.79 Å². The second-order valence-electron chi connectivity index (χ2n) is 5.27. The Labute approximate surface area is 111 Å². The van der Waals surface area contributed by atoms with Crippen molar-refractivity contribution >= 4 is 18.3 Å². The third-order valence-electron chi connectivity index (χ3n) is 3.63. The van der Waals surface area contributed by atoms with Gasteiger partial charge in [0.1, 0.15) is 0 Å². The molecule has 0 aromatic rings. The molecule has 0 unspecified atom stereocenters. The SMILES string of the molecule is CCCN(CC1CC1)C(=O)[C@@H]1CCCNC1.Cl. The zero-order valence-corrected chi connectivity index (χ0v) is 11.6. The Balaban J connectivity index is 0.00000144. The second-order valence-corrected chi connectivity index (χ2v) is 5.27. The molecular weight excluding hydrogens is 236 g/mol. The quantitative estimate of drug-likeness (QED) is 0.821. The summed E-state index contributed by atoms with van der Waals surface area (Å²) in [5, 5.41) is 3.33. The topological polar surface area (TPSA) is 32.3 Å². The van der Waals surface area contributed by atoms with Crippen molar-refractivity contribution in [1.29, 1.82) is 0 Å². The van der Waals surface area contributed by atoms with Crippen LogP contribution in [0.25, 0.3) is 0 Å². The molecule has 0 aromatic carbocycles. The summed E-state index contributed by atoms with van der Waals surface area (Å²) in [6.45, 7) is 6.10. The highest BCUT2D eigenvalue weighted by Crippen LogP contribution is 2.30. The maximum Gasteiger partial charge on any atom is 0.226 e. The minimum absolute atomic E-state index is 0. The normalized spacial score (nSPS) is 23.9. The van der Waals surface area contributed by atoms with Gasteiger partial charge in [-0.25, -0.2) is 0 Å². The van der Waals surface area contributed by atoms with Crippen LogP contribution in [-0.4, -0.2) is 37.0 Å². The first kappa shape index (κ1) is 14.8. The van der Waals surface area contributed by atoms with Gasteiger partial charge in [0, 0.05) is 19.6 Å². The van der Waals surface area contributed by atoms with Gasteiger partial charge in [-0.15, -0.1) is 12.4 Å². The van der Waals surface area contributed by atoms with E-state index in [1.807, 2.05) is 0 Å². The summed E-state index contributed by atoms with van der Waals surface area (Å²) >= 11 is 0. The molecular formula is C13H25ClN2O. The van der Waals surface area contributed by atoms with Crippen LogP contribution in [0.15, 0.2) is 0 Å². The lowest BCUT2D eigenvalue weighted by molar-refractivity contribution is -0.136. The van der Waals surface area contributed by atoms with Crippen molar-refractivity contribution in [2.24, 2.45) is 11.8 Å². The Morgan fingerprint density at radius 2 is 2.12 bits per heavy atom. The number of piperidine rings is 1. The lowest BCUT2D eigenvalue weighted by Crippen LogP contribution is -2.44. The van der Waals surface area contributed by atoms with Crippen LogP contribution in [0.4, 0.5) is 0 Å². The number of carbonyl (C=O) groups is 1. The first-order valence-corrected chi connectivity index (χ1v) is 6.80. The largest absolute Gasteiger partial charge is 0.342 e. The number of hydrogen-bond acceptors (Lipinski definition) is 2. The van der Waals surface area contributed by atoms with Gasteiger partial charge >= 0.3 is 0 Å². The zero-order valence-electron chi connectivity index (χ0n) is 10.8. The van der Waals surface area contributed by atoms with Crippen LogP contribution in [0.3, 0.4) is 0 Å². The van der Waals surface area contributed by atoms with E-state index in [-0.39, 0.29) is 18.3 Å². The molecule has 2 rings (SSSR count). The Hall–Kier alpha value is -0.280. The summed E-state index contributed by atoms with van der Waals surface area (Å²) in [7, 11) is 0. The van der Waals surface area contributed by atoms with Crippen LogP contribution >= 0.6 is 12.4 Å². The van der Waals surface area contributed by atoms with Gasteiger partial charge in [-0.1, -0.05) is 6.92 Å². The van der Waals surface area contributed by atoms with Gasteiger partial charge in [0.2, 0.25) is 5.91 Å². The summed E-state index contributed by atoms with van der Waals surface area (Å²) in [4.78, 5) is 14.5. The van der Waals surface area contributed by atoms with Gasteiger partial charge in [0.15, 0.2) is 0 Å². The molecule has 17 heavy (non-hydrogen) atoms. The number of nitrogens with one attached hydrogen (secondary N) is 1. The van der Waals surface area contributed by atoms with Crippen molar-refractivity contribution in [3.05, 3.63) is 0 Å². The van der Waals surface area contributed by atoms with Crippen LogP contribution in [0.2, 0.25) is 0 Å². The van der Waals surface area contributed by atoms with Crippen molar-refractivity contribution in [2.45, 2.75) is 39.0 Å². The van der Waals surface area contributed by atoms with Crippen LogP contribution < -0.4 is 5.32 Å². The minimum Gasteiger partial charge on any atom is -0.342 e. The molecule has 2 fully saturated rings. The summed E-state index contributed by atoms with van der Waals surface area (Å²) in [5.74, 6) is 1.46. The molecule has 100 valence electrons. The molecule has 1 saturated carbocycles. The first-order chi connectivity index (χ1) is 7.81. The Bertz CT molecular complexity index is 238. The molecule has 0 radical (unpaired) electrons. The van der Waals surface area contributed by atoms with E-state index < -0.39 is 0 Å². The van der Waals surface area contributed by atoms with Crippen molar-refractivity contribution in [3.8, 4) is 0 Å². The average Bonchev–Trinajstić information content (AvgIpc) is 3.13. The van der Waals surface area contributed by atoms with Gasteiger partial charge in [0.25, 0.3) is 0 Å². The van der Waals surface area contributed by atoms with E-state index >= 15 is 0 Å². The van der Waals surface area contributed by atoms with Gasteiger partial charge in [0.05, 0.1) is 5.92 Å². The molecule has 1 heterocycles. The van der Waals surface area contributed by atoms with Gasteiger partial charge in [-0.2, -0.15) is 0 Å². The van der Waals surface area contributed by atoms with E-state index in [0.717, 1.165) is 51.4 Å². The molecule has 1 aliphatic heterocycles. The van der Waals surface area contributed by atoms with Gasteiger partial charge in [-0.05, 0) is 44.6 Å². The van der Waals surface area contributed by atoms with E-state index in [9.17, 15) is 4.79 Å². The van der Waals surface area contributed by atoms with Crippen molar-refractivity contribution < 1.29 is 4.79 Å². The predicted molar refractivity (Wildman–Crippen MR) is 72.4 cm³/mol. The third-order valence-corrected chi connectivity index (χ3v) is 3.63. The minimum atomic E-state index is 0. The lowest BCUT2D eigenvalue weighted by Gasteiger charge is -2.29. The van der Waals surface area contributed by atoms with Crippen molar-refractivity contribution in [1.82, 2.24) is 10.2 Å². The van der Waals surface area contributed by atoms with Crippen LogP contribution in [0.5, 0.6) is 0 Å². The standard InChI is InChI=1S/C13H24N2O.ClH/c1-2-8-15(10-11-5-6-11)13(16)12-4-3-7-14-9-12;/h11-12,14H,2-10H2,1H3;1H/t12-;/m1./s1. The van der Waals surface area contributed by atoms with Crippen LogP contribution in [0.1, 0.15) is 39.0 Å².